The number of thiazole rings is 1. The molecule has 1 saturated carbocycles. The van der Waals surface area contributed by atoms with Crippen molar-refractivity contribution < 1.29 is 4.79 Å². The number of likely N-dealkylation sites (tertiary alicyclic amines) is 1. The van der Waals surface area contributed by atoms with Crippen molar-refractivity contribution in [1.82, 2.24) is 19.8 Å². The van der Waals surface area contributed by atoms with Gasteiger partial charge in [-0.05, 0) is 51.9 Å². The lowest BCUT2D eigenvalue weighted by Gasteiger charge is -2.35. The Balaban J connectivity index is 1.33. The van der Waals surface area contributed by atoms with Gasteiger partial charge in [0.2, 0.25) is 5.91 Å². The van der Waals surface area contributed by atoms with Gasteiger partial charge in [-0.3, -0.25) is 4.79 Å². The van der Waals surface area contributed by atoms with E-state index in [0.29, 0.717) is 11.8 Å². The molecule has 0 unspecified atom stereocenters. The molecule has 6 nitrogen and oxygen atoms in total. The molecule has 1 saturated heterocycles. The van der Waals surface area contributed by atoms with Crippen molar-refractivity contribution in [3.8, 4) is 0 Å². The van der Waals surface area contributed by atoms with Crippen molar-refractivity contribution in [2.24, 2.45) is 5.92 Å². The van der Waals surface area contributed by atoms with Crippen molar-refractivity contribution >= 4 is 28.2 Å². The van der Waals surface area contributed by atoms with Crippen molar-refractivity contribution in [3.63, 3.8) is 0 Å². The zero-order valence-corrected chi connectivity index (χ0v) is 19.0. The molecule has 4 rings (SSSR count). The highest BCUT2D eigenvalue weighted by Crippen LogP contribution is 2.31. The number of carbonyl (C=O) groups excluding carboxylic acids is 1. The molecule has 1 amide bonds. The number of hydrogen-bond donors (Lipinski definition) is 1. The summed E-state index contributed by atoms with van der Waals surface area (Å²) in [6.07, 6.45) is 9.81. The van der Waals surface area contributed by atoms with Crippen LogP contribution in [-0.2, 0) is 11.3 Å². The van der Waals surface area contributed by atoms with Gasteiger partial charge in [0.05, 0.1) is 0 Å². The molecule has 162 valence electrons. The highest BCUT2D eigenvalue weighted by atomic mass is 32.1. The Labute approximate surface area is 183 Å². The number of carbonyl (C=O) groups is 1. The van der Waals surface area contributed by atoms with Crippen LogP contribution < -0.4 is 5.32 Å². The Morgan fingerprint density at radius 2 is 1.93 bits per heavy atom. The van der Waals surface area contributed by atoms with Crippen LogP contribution in [0.3, 0.4) is 0 Å². The van der Waals surface area contributed by atoms with E-state index < -0.39 is 0 Å². The van der Waals surface area contributed by atoms with Gasteiger partial charge in [-0.15, -0.1) is 11.3 Å². The van der Waals surface area contributed by atoms with Crippen molar-refractivity contribution in [2.45, 2.75) is 57.4 Å². The van der Waals surface area contributed by atoms with Crippen LogP contribution in [0.4, 0.5) is 10.9 Å². The fraction of sp³-hybridized carbons (Fsp3) is 0.609. The maximum absolute atomic E-state index is 12.8. The fourth-order valence-electron chi connectivity index (χ4n) is 4.61. The van der Waals surface area contributed by atoms with E-state index in [1.165, 1.54) is 24.1 Å². The maximum Gasteiger partial charge on any atom is 0.225 e. The van der Waals surface area contributed by atoms with Gasteiger partial charge in [0.1, 0.15) is 5.82 Å². The first-order valence-electron chi connectivity index (χ1n) is 11.2. The van der Waals surface area contributed by atoms with Gasteiger partial charge in [0, 0.05) is 48.2 Å². The zero-order chi connectivity index (χ0) is 20.9. The van der Waals surface area contributed by atoms with Crippen LogP contribution in [0.25, 0.3) is 0 Å². The summed E-state index contributed by atoms with van der Waals surface area (Å²) in [4.78, 5) is 27.6. The normalized spacial score (nSPS) is 18.7. The molecule has 7 heteroatoms. The minimum atomic E-state index is 0.275. The van der Waals surface area contributed by atoms with Crippen LogP contribution in [0.1, 0.15) is 61.4 Å². The van der Waals surface area contributed by atoms with E-state index in [1.54, 1.807) is 11.3 Å². The first-order chi connectivity index (χ1) is 14.6. The summed E-state index contributed by atoms with van der Waals surface area (Å²) in [5.74, 6) is 1.94. The highest BCUT2D eigenvalue weighted by molar-refractivity contribution is 7.15. The summed E-state index contributed by atoms with van der Waals surface area (Å²) in [5.41, 5.74) is 1.12. The second-order valence-electron chi connectivity index (χ2n) is 8.88. The van der Waals surface area contributed by atoms with Crippen molar-refractivity contribution in [3.05, 3.63) is 35.0 Å². The lowest BCUT2D eigenvalue weighted by Crippen LogP contribution is -2.42. The van der Waals surface area contributed by atoms with Crippen LogP contribution in [0, 0.1) is 5.92 Å². The van der Waals surface area contributed by atoms with Gasteiger partial charge in [-0.1, -0.05) is 25.3 Å². The summed E-state index contributed by atoms with van der Waals surface area (Å²) < 4.78 is 0. The molecule has 2 aliphatic rings. The van der Waals surface area contributed by atoms with Gasteiger partial charge in [0.25, 0.3) is 0 Å². The van der Waals surface area contributed by atoms with Crippen LogP contribution in [-0.4, -0.2) is 52.9 Å². The van der Waals surface area contributed by atoms with Gasteiger partial charge in [-0.25, -0.2) is 9.97 Å². The third kappa shape index (κ3) is 5.38. The minimum Gasteiger partial charge on any atom is -0.342 e. The average Bonchev–Trinajstić information content (AvgIpc) is 3.20. The largest absolute Gasteiger partial charge is 0.342 e. The van der Waals surface area contributed by atoms with E-state index in [1.807, 2.05) is 12.3 Å². The van der Waals surface area contributed by atoms with E-state index in [9.17, 15) is 4.79 Å². The molecule has 0 spiro atoms. The Morgan fingerprint density at radius 1 is 1.17 bits per heavy atom. The third-order valence-electron chi connectivity index (χ3n) is 6.21. The number of piperidine rings is 1. The Kier molecular flexibility index (Phi) is 7.00. The number of amides is 1. The van der Waals surface area contributed by atoms with Gasteiger partial charge >= 0.3 is 0 Å². The molecular weight excluding hydrogens is 394 g/mol. The number of anilines is 2. The standard InChI is InChI=1S/C23H33N5OS/c1-27(2)16-19-15-24-23(30-19)26-21-10-6-9-20(25-21)17-11-13-28(14-12-17)22(29)18-7-4-3-5-8-18/h6,9-10,15,17-18H,3-5,7-8,11-14,16H2,1-2H3,(H,24,25,26). The maximum atomic E-state index is 12.8. The second-order valence-corrected chi connectivity index (χ2v) is 9.99. The van der Waals surface area contributed by atoms with Crippen LogP contribution >= 0.6 is 11.3 Å². The number of nitrogens with one attached hydrogen (secondary N) is 1. The number of nitrogens with zero attached hydrogens (tertiary/aromatic N) is 4. The van der Waals surface area contributed by atoms with E-state index in [-0.39, 0.29) is 5.92 Å². The van der Waals surface area contributed by atoms with Crippen LogP contribution in [0.5, 0.6) is 0 Å². The molecule has 1 aliphatic carbocycles. The van der Waals surface area contributed by atoms with E-state index in [4.69, 9.17) is 4.98 Å². The number of pyridine rings is 1. The molecule has 2 fully saturated rings. The van der Waals surface area contributed by atoms with Crippen LogP contribution in [0.15, 0.2) is 24.4 Å². The van der Waals surface area contributed by atoms with Crippen molar-refractivity contribution in [1.29, 1.82) is 0 Å². The minimum absolute atomic E-state index is 0.275. The van der Waals surface area contributed by atoms with Gasteiger partial charge in [0.15, 0.2) is 5.13 Å². The monoisotopic (exact) mass is 427 g/mol. The van der Waals surface area contributed by atoms with E-state index in [0.717, 1.165) is 62.0 Å². The average molecular weight is 428 g/mol. The summed E-state index contributed by atoms with van der Waals surface area (Å²) in [6.45, 7) is 2.62. The Hall–Kier alpha value is -1.99. The number of rotatable bonds is 6. The first kappa shape index (κ1) is 21.2. The summed E-state index contributed by atoms with van der Waals surface area (Å²) in [6, 6.07) is 6.19. The Bertz CT molecular complexity index is 838. The van der Waals surface area contributed by atoms with Gasteiger partial charge in [-0.2, -0.15) is 0 Å². The molecule has 2 aromatic rings. The molecule has 1 aliphatic heterocycles. The van der Waals surface area contributed by atoms with E-state index in [2.05, 4.69) is 46.3 Å². The van der Waals surface area contributed by atoms with E-state index >= 15 is 0 Å². The predicted octanol–water partition coefficient (Wildman–Crippen LogP) is 4.63. The molecule has 0 radical (unpaired) electrons. The quantitative estimate of drug-likeness (QED) is 0.728. The van der Waals surface area contributed by atoms with Crippen LogP contribution in [0.2, 0.25) is 0 Å². The SMILES string of the molecule is CN(C)Cc1cnc(Nc2cccc(C3CCN(C(=O)C4CCCCC4)CC3)n2)s1. The van der Waals surface area contributed by atoms with Gasteiger partial charge < -0.3 is 15.1 Å². The third-order valence-corrected chi connectivity index (χ3v) is 7.11. The first-order valence-corrected chi connectivity index (χ1v) is 12.0. The smallest absolute Gasteiger partial charge is 0.225 e. The molecule has 1 N–H and O–H groups in total. The predicted molar refractivity (Wildman–Crippen MR) is 122 cm³/mol. The fourth-order valence-corrected chi connectivity index (χ4v) is 5.55. The lowest BCUT2D eigenvalue weighted by molar-refractivity contribution is -0.137. The van der Waals surface area contributed by atoms with Crippen molar-refractivity contribution in [2.75, 3.05) is 32.5 Å². The number of hydrogen-bond acceptors (Lipinski definition) is 6. The molecule has 0 atom stereocenters. The molecule has 0 bridgehead atoms. The zero-order valence-electron chi connectivity index (χ0n) is 18.1. The lowest BCUT2D eigenvalue weighted by atomic mass is 9.86. The summed E-state index contributed by atoms with van der Waals surface area (Å²) in [7, 11) is 4.12. The summed E-state index contributed by atoms with van der Waals surface area (Å²) in [5, 5.41) is 4.24. The topological polar surface area (TPSA) is 61.4 Å². The molecule has 3 heterocycles. The highest BCUT2D eigenvalue weighted by Gasteiger charge is 2.30. The summed E-state index contributed by atoms with van der Waals surface area (Å²) >= 11 is 1.67. The Morgan fingerprint density at radius 3 is 2.67 bits per heavy atom. The molecular formula is C23H33N5OS. The number of aromatic nitrogens is 2. The molecule has 2 aromatic heterocycles. The second kappa shape index (κ2) is 9.88. The molecule has 0 aromatic carbocycles. The molecule has 30 heavy (non-hydrogen) atoms.